The molecule has 0 saturated heterocycles. The molecule has 0 atom stereocenters. The summed E-state index contributed by atoms with van der Waals surface area (Å²) in [7, 11) is 1.37. The number of methoxy groups -OCH3 is 1. The summed E-state index contributed by atoms with van der Waals surface area (Å²) in [5.74, 6) is 0.540. The third-order valence-electron chi connectivity index (χ3n) is 5.98. The molecule has 0 fully saturated rings. The van der Waals surface area contributed by atoms with Crippen LogP contribution in [0, 0.1) is 5.92 Å². The first-order valence-corrected chi connectivity index (χ1v) is 11.7. The molecule has 0 saturated carbocycles. The largest absolute Gasteiger partial charge is 0.492 e. The second-order valence-corrected chi connectivity index (χ2v) is 8.55. The van der Waals surface area contributed by atoms with Crippen molar-refractivity contribution >= 4 is 17.3 Å². The summed E-state index contributed by atoms with van der Waals surface area (Å²) in [6, 6.07) is 3.50. The highest BCUT2D eigenvalue weighted by molar-refractivity contribution is 7.07. The molecule has 2 aromatic rings. The van der Waals surface area contributed by atoms with Gasteiger partial charge in [-0.3, -0.25) is 4.79 Å². The van der Waals surface area contributed by atoms with Crippen LogP contribution in [0.25, 0.3) is 0 Å². The SMILES string of the molecule is CCC(CC)CN1CCc2c(C(=O)OC)c(OCCc3ccsc3)cc(=O)n2CC1. The molecule has 0 aromatic carbocycles. The zero-order valence-electron chi connectivity index (χ0n) is 18.2. The molecule has 1 aliphatic heterocycles. The maximum Gasteiger partial charge on any atom is 0.343 e. The van der Waals surface area contributed by atoms with E-state index in [2.05, 4.69) is 30.2 Å². The summed E-state index contributed by atoms with van der Waals surface area (Å²) in [5.41, 5.74) is 2.19. The monoisotopic (exact) mass is 432 g/mol. The zero-order valence-corrected chi connectivity index (χ0v) is 19.0. The van der Waals surface area contributed by atoms with Crippen LogP contribution < -0.4 is 10.3 Å². The van der Waals surface area contributed by atoms with Crippen LogP contribution in [-0.4, -0.2) is 48.8 Å². The quantitative estimate of drug-likeness (QED) is 0.567. The molecule has 1 aliphatic rings. The third kappa shape index (κ3) is 5.32. The number of aromatic nitrogens is 1. The van der Waals surface area contributed by atoms with E-state index in [1.807, 2.05) is 5.38 Å². The highest BCUT2D eigenvalue weighted by Gasteiger charge is 2.26. The number of rotatable bonds is 9. The van der Waals surface area contributed by atoms with Crippen LogP contribution in [0.3, 0.4) is 0 Å². The van der Waals surface area contributed by atoms with Crippen molar-refractivity contribution in [2.75, 3.05) is 33.4 Å². The molecule has 7 heteroatoms. The number of esters is 1. The molecule has 0 bridgehead atoms. The van der Waals surface area contributed by atoms with Crippen molar-refractivity contribution in [2.45, 2.75) is 46.1 Å². The molecule has 0 amide bonds. The average Bonchev–Trinajstić information content (AvgIpc) is 3.18. The maximum atomic E-state index is 12.8. The lowest BCUT2D eigenvalue weighted by molar-refractivity contribution is 0.0593. The number of ether oxygens (including phenoxy) is 2. The van der Waals surface area contributed by atoms with Crippen LogP contribution in [0.4, 0.5) is 0 Å². The van der Waals surface area contributed by atoms with Gasteiger partial charge in [-0.25, -0.2) is 4.79 Å². The summed E-state index contributed by atoms with van der Waals surface area (Å²) < 4.78 is 12.7. The summed E-state index contributed by atoms with van der Waals surface area (Å²) in [5, 5.41) is 4.10. The highest BCUT2D eigenvalue weighted by atomic mass is 32.1. The Labute approximate surface area is 182 Å². The molecule has 30 heavy (non-hydrogen) atoms. The Morgan fingerprint density at radius 3 is 2.70 bits per heavy atom. The number of pyridine rings is 1. The average molecular weight is 433 g/mol. The number of hydrogen-bond acceptors (Lipinski definition) is 6. The lowest BCUT2D eigenvalue weighted by Crippen LogP contribution is -2.32. The van der Waals surface area contributed by atoms with Gasteiger partial charge in [-0.2, -0.15) is 11.3 Å². The van der Waals surface area contributed by atoms with Crippen molar-refractivity contribution < 1.29 is 14.3 Å². The predicted octanol–water partition coefficient (Wildman–Crippen LogP) is 3.61. The van der Waals surface area contributed by atoms with Crippen LogP contribution in [0.15, 0.2) is 27.7 Å². The minimum Gasteiger partial charge on any atom is -0.492 e. The fraction of sp³-hybridized carbons (Fsp3) is 0.565. The van der Waals surface area contributed by atoms with Gasteiger partial charge in [0.05, 0.1) is 13.7 Å². The van der Waals surface area contributed by atoms with E-state index in [0.29, 0.717) is 36.8 Å². The summed E-state index contributed by atoms with van der Waals surface area (Å²) in [4.78, 5) is 27.9. The smallest absolute Gasteiger partial charge is 0.343 e. The molecule has 0 spiro atoms. The Hall–Kier alpha value is -2.12. The Morgan fingerprint density at radius 2 is 2.03 bits per heavy atom. The highest BCUT2D eigenvalue weighted by Crippen LogP contribution is 2.25. The summed E-state index contributed by atoms with van der Waals surface area (Å²) in [6.07, 6.45) is 3.65. The third-order valence-corrected chi connectivity index (χ3v) is 6.71. The Balaban J connectivity index is 1.83. The lowest BCUT2D eigenvalue weighted by atomic mass is 10.0. The van der Waals surface area contributed by atoms with Gasteiger partial charge >= 0.3 is 5.97 Å². The zero-order chi connectivity index (χ0) is 21.5. The van der Waals surface area contributed by atoms with E-state index >= 15 is 0 Å². The fourth-order valence-corrected chi connectivity index (χ4v) is 4.74. The first-order valence-electron chi connectivity index (χ1n) is 10.8. The molecule has 0 N–H and O–H groups in total. The molecule has 0 radical (unpaired) electrons. The molecule has 164 valence electrons. The molecule has 0 unspecified atom stereocenters. The van der Waals surface area contributed by atoms with Gasteiger partial charge < -0.3 is 18.9 Å². The molecule has 3 rings (SSSR count). The van der Waals surface area contributed by atoms with E-state index in [1.165, 1.54) is 18.7 Å². The van der Waals surface area contributed by atoms with Crippen LogP contribution >= 0.6 is 11.3 Å². The Morgan fingerprint density at radius 1 is 1.23 bits per heavy atom. The van der Waals surface area contributed by atoms with Crippen molar-refractivity contribution in [3.8, 4) is 5.75 Å². The van der Waals surface area contributed by atoms with Gasteiger partial charge in [0.15, 0.2) is 0 Å². The van der Waals surface area contributed by atoms with E-state index in [9.17, 15) is 9.59 Å². The van der Waals surface area contributed by atoms with Crippen molar-refractivity contribution in [3.05, 3.63) is 50.1 Å². The molecular formula is C23H32N2O4S. The number of nitrogens with zero attached hydrogens (tertiary/aromatic N) is 2. The summed E-state index contributed by atoms with van der Waals surface area (Å²) in [6.45, 7) is 8.08. The van der Waals surface area contributed by atoms with E-state index in [4.69, 9.17) is 9.47 Å². The fourth-order valence-electron chi connectivity index (χ4n) is 4.04. The van der Waals surface area contributed by atoms with E-state index in [1.54, 1.807) is 15.9 Å². The van der Waals surface area contributed by atoms with Crippen LogP contribution in [0.5, 0.6) is 5.75 Å². The van der Waals surface area contributed by atoms with Gasteiger partial charge in [-0.05, 0) is 28.3 Å². The minimum atomic E-state index is -0.447. The Bertz CT molecular complexity index is 887. The molecule has 0 aliphatic carbocycles. The van der Waals surface area contributed by atoms with Gasteiger partial charge in [0.2, 0.25) is 0 Å². The second kappa shape index (κ2) is 10.8. The lowest BCUT2D eigenvalue weighted by Gasteiger charge is -2.24. The standard InChI is InChI=1S/C23H32N2O4S/c1-4-17(5-2)15-24-9-6-19-22(23(27)28-3)20(14-21(26)25(19)11-10-24)29-12-7-18-8-13-30-16-18/h8,13-14,16-17H,4-7,9-12,15H2,1-3H3. The maximum absolute atomic E-state index is 12.8. The van der Waals surface area contributed by atoms with E-state index in [0.717, 1.165) is 44.6 Å². The second-order valence-electron chi connectivity index (χ2n) is 7.77. The summed E-state index contributed by atoms with van der Waals surface area (Å²) >= 11 is 1.64. The van der Waals surface area contributed by atoms with Gasteiger partial charge in [0, 0.05) is 50.8 Å². The predicted molar refractivity (Wildman–Crippen MR) is 120 cm³/mol. The number of carbonyl (C=O) groups excluding carboxylic acids is 1. The van der Waals surface area contributed by atoms with Crippen molar-refractivity contribution in [2.24, 2.45) is 5.92 Å². The molecule has 2 aromatic heterocycles. The first-order chi connectivity index (χ1) is 14.6. The minimum absolute atomic E-state index is 0.118. The van der Waals surface area contributed by atoms with Crippen molar-refractivity contribution in [3.63, 3.8) is 0 Å². The van der Waals surface area contributed by atoms with E-state index < -0.39 is 5.97 Å². The number of carbonyl (C=O) groups is 1. The molecule has 6 nitrogen and oxygen atoms in total. The normalized spacial score (nSPS) is 14.4. The number of thiophene rings is 1. The number of fused-ring (bicyclic) bond motifs is 1. The van der Waals surface area contributed by atoms with Gasteiger partial charge in [-0.1, -0.05) is 26.7 Å². The van der Waals surface area contributed by atoms with E-state index in [-0.39, 0.29) is 5.56 Å². The topological polar surface area (TPSA) is 60.8 Å². The Kier molecular flexibility index (Phi) is 8.10. The van der Waals surface area contributed by atoms with Gasteiger partial charge in [0.25, 0.3) is 5.56 Å². The molecular weight excluding hydrogens is 400 g/mol. The van der Waals surface area contributed by atoms with Crippen LogP contribution in [-0.2, 0) is 24.1 Å². The van der Waals surface area contributed by atoms with Crippen LogP contribution in [0.1, 0.15) is 48.3 Å². The van der Waals surface area contributed by atoms with Crippen molar-refractivity contribution in [1.29, 1.82) is 0 Å². The number of hydrogen-bond donors (Lipinski definition) is 0. The molecule has 3 heterocycles. The van der Waals surface area contributed by atoms with Gasteiger partial charge in [0.1, 0.15) is 11.3 Å². The van der Waals surface area contributed by atoms with Gasteiger partial charge in [-0.15, -0.1) is 0 Å². The van der Waals surface area contributed by atoms with Crippen molar-refractivity contribution in [1.82, 2.24) is 9.47 Å². The first kappa shape index (κ1) is 22.6. The van der Waals surface area contributed by atoms with Crippen LogP contribution in [0.2, 0.25) is 0 Å².